The van der Waals surface area contributed by atoms with Crippen LogP contribution in [0.1, 0.15) is 12.5 Å². The van der Waals surface area contributed by atoms with E-state index in [2.05, 4.69) is 0 Å². The molecule has 0 saturated carbocycles. The van der Waals surface area contributed by atoms with Crippen LogP contribution in [-0.4, -0.2) is 5.78 Å². The molecule has 0 atom stereocenters. The molecule has 0 heterocycles. The van der Waals surface area contributed by atoms with Crippen LogP contribution < -0.4 is 0 Å². The zero-order valence-corrected chi connectivity index (χ0v) is 7.81. The Labute approximate surface area is 80.8 Å². The van der Waals surface area contributed by atoms with Crippen LogP contribution in [0.25, 0.3) is 6.08 Å². The summed E-state index contributed by atoms with van der Waals surface area (Å²) in [5.74, 6) is -0.465. The van der Waals surface area contributed by atoms with Crippen molar-refractivity contribution in [3.8, 4) is 0 Å². The number of ketones is 1. The summed E-state index contributed by atoms with van der Waals surface area (Å²) in [6.07, 6.45) is 2.84. The molecule has 13 heavy (non-hydrogen) atoms. The average Bonchev–Trinajstić information content (AvgIpc) is 2.06. The van der Waals surface area contributed by atoms with Crippen molar-refractivity contribution in [2.24, 2.45) is 0 Å². The van der Waals surface area contributed by atoms with Gasteiger partial charge in [-0.15, -0.1) is 0 Å². The molecule has 68 valence electrons. The SMILES string of the molecule is CC(=O)/C=C/c1cc(F)ccc1Cl. The third-order valence-electron chi connectivity index (χ3n) is 1.46. The Hall–Kier alpha value is -1.15. The summed E-state index contributed by atoms with van der Waals surface area (Å²) >= 11 is 5.75. The molecule has 0 radical (unpaired) electrons. The topological polar surface area (TPSA) is 17.1 Å². The highest BCUT2D eigenvalue weighted by molar-refractivity contribution is 6.32. The summed E-state index contributed by atoms with van der Waals surface area (Å²) in [6.45, 7) is 1.42. The Bertz CT molecular complexity index is 358. The quantitative estimate of drug-likeness (QED) is 0.668. The largest absolute Gasteiger partial charge is 0.295 e. The van der Waals surface area contributed by atoms with Gasteiger partial charge in [-0.3, -0.25) is 4.79 Å². The first kappa shape index (κ1) is 9.93. The maximum absolute atomic E-state index is 12.7. The monoisotopic (exact) mass is 198 g/mol. The lowest BCUT2D eigenvalue weighted by atomic mass is 10.2. The van der Waals surface area contributed by atoms with Crippen molar-refractivity contribution in [2.45, 2.75) is 6.92 Å². The van der Waals surface area contributed by atoms with E-state index in [1.807, 2.05) is 0 Å². The van der Waals surface area contributed by atoms with Crippen LogP contribution in [0.3, 0.4) is 0 Å². The Kier molecular flexibility index (Phi) is 3.20. The Morgan fingerprint density at radius 1 is 1.54 bits per heavy atom. The standard InChI is InChI=1S/C10H8ClFO/c1-7(13)2-3-8-6-9(12)4-5-10(8)11/h2-6H,1H3/b3-2+. The molecule has 3 heteroatoms. The molecule has 0 unspecified atom stereocenters. The molecule has 0 aliphatic carbocycles. The van der Waals surface area contributed by atoms with Crippen molar-refractivity contribution < 1.29 is 9.18 Å². The first-order chi connectivity index (χ1) is 6.09. The molecule has 0 N–H and O–H groups in total. The van der Waals surface area contributed by atoms with Gasteiger partial charge in [0.2, 0.25) is 0 Å². The summed E-state index contributed by atoms with van der Waals surface area (Å²) in [4.78, 5) is 10.6. The first-order valence-corrected chi connectivity index (χ1v) is 4.11. The number of rotatable bonds is 2. The molecule has 0 aliphatic heterocycles. The number of carbonyl (C=O) groups excluding carboxylic acids is 1. The van der Waals surface area contributed by atoms with Gasteiger partial charge in [0, 0.05) is 5.02 Å². The maximum Gasteiger partial charge on any atom is 0.152 e. The van der Waals surface area contributed by atoms with E-state index < -0.39 is 0 Å². The lowest BCUT2D eigenvalue weighted by Gasteiger charge is -1.96. The molecule has 1 rings (SSSR count). The minimum Gasteiger partial charge on any atom is -0.295 e. The zero-order chi connectivity index (χ0) is 9.84. The second-order valence-electron chi connectivity index (χ2n) is 2.61. The molecule has 0 bridgehead atoms. The minimum absolute atomic E-state index is 0.0969. The number of carbonyl (C=O) groups is 1. The Morgan fingerprint density at radius 3 is 2.85 bits per heavy atom. The van der Waals surface area contributed by atoms with Gasteiger partial charge in [-0.2, -0.15) is 0 Å². The molecule has 0 amide bonds. The van der Waals surface area contributed by atoms with Crippen LogP contribution in [0.5, 0.6) is 0 Å². The van der Waals surface area contributed by atoms with Gasteiger partial charge >= 0.3 is 0 Å². The Morgan fingerprint density at radius 2 is 2.23 bits per heavy atom. The maximum atomic E-state index is 12.7. The average molecular weight is 199 g/mol. The number of halogens is 2. The van der Waals surface area contributed by atoms with E-state index >= 15 is 0 Å². The van der Waals surface area contributed by atoms with Gasteiger partial charge in [0.25, 0.3) is 0 Å². The van der Waals surface area contributed by atoms with Crippen molar-refractivity contribution in [2.75, 3.05) is 0 Å². The van der Waals surface area contributed by atoms with Crippen molar-refractivity contribution in [1.29, 1.82) is 0 Å². The fourth-order valence-electron chi connectivity index (χ4n) is 0.849. The third kappa shape index (κ3) is 2.99. The number of hydrogen-bond acceptors (Lipinski definition) is 1. The smallest absolute Gasteiger partial charge is 0.152 e. The lowest BCUT2D eigenvalue weighted by Crippen LogP contribution is -1.82. The van der Waals surface area contributed by atoms with Crippen LogP contribution in [-0.2, 0) is 4.79 Å². The molecule has 1 aromatic rings. The van der Waals surface area contributed by atoms with Crippen molar-refractivity contribution in [3.63, 3.8) is 0 Å². The van der Waals surface area contributed by atoms with Crippen molar-refractivity contribution in [3.05, 3.63) is 40.7 Å². The summed E-state index contributed by atoms with van der Waals surface area (Å²) < 4.78 is 12.7. The van der Waals surface area contributed by atoms with Gasteiger partial charge in [0.1, 0.15) is 5.82 Å². The highest BCUT2D eigenvalue weighted by Crippen LogP contribution is 2.18. The van der Waals surface area contributed by atoms with Crippen molar-refractivity contribution >= 4 is 23.5 Å². The van der Waals surface area contributed by atoms with E-state index in [-0.39, 0.29) is 11.6 Å². The fraction of sp³-hybridized carbons (Fsp3) is 0.100. The second-order valence-corrected chi connectivity index (χ2v) is 3.02. The molecular weight excluding hydrogens is 191 g/mol. The highest BCUT2D eigenvalue weighted by Gasteiger charge is 1.98. The van der Waals surface area contributed by atoms with E-state index in [1.165, 1.54) is 37.3 Å². The fourth-order valence-corrected chi connectivity index (χ4v) is 1.03. The highest BCUT2D eigenvalue weighted by atomic mass is 35.5. The number of allylic oxidation sites excluding steroid dienone is 1. The minimum atomic E-state index is -0.368. The molecule has 0 saturated heterocycles. The van der Waals surface area contributed by atoms with Crippen LogP contribution in [0.2, 0.25) is 5.02 Å². The van der Waals surface area contributed by atoms with Gasteiger partial charge in [-0.25, -0.2) is 4.39 Å². The van der Waals surface area contributed by atoms with Crippen LogP contribution in [0.15, 0.2) is 24.3 Å². The van der Waals surface area contributed by atoms with Gasteiger partial charge in [-0.05, 0) is 42.8 Å². The van der Waals surface area contributed by atoms with Crippen LogP contribution in [0.4, 0.5) is 4.39 Å². The first-order valence-electron chi connectivity index (χ1n) is 3.73. The molecule has 0 aliphatic rings. The predicted molar refractivity (Wildman–Crippen MR) is 51.1 cm³/mol. The molecule has 0 fully saturated rings. The van der Waals surface area contributed by atoms with Crippen LogP contribution in [0, 0.1) is 5.82 Å². The zero-order valence-electron chi connectivity index (χ0n) is 7.05. The molecule has 1 nitrogen and oxygen atoms in total. The molecule has 1 aromatic carbocycles. The van der Waals surface area contributed by atoms with Gasteiger partial charge in [-0.1, -0.05) is 11.6 Å². The van der Waals surface area contributed by atoms with Crippen molar-refractivity contribution in [1.82, 2.24) is 0 Å². The predicted octanol–water partition coefficient (Wildman–Crippen LogP) is 3.08. The van der Waals surface area contributed by atoms with E-state index in [9.17, 15) is 9.18 Å². The van der Waals surface area contributed by atoms with E-state index in [4.69, 9.17) is 11.6 Å². The van der Waals surface area contributed by atoms with E-state index in [0.29, 0.717) is 10.6 Å². The summed E-state index contributed by atoms with van der Waals surface area (Å²) in [5, 5.41) is 0.430. The van der Waals surface area contributed by atoms with Gasteiger partial charge < -0.3 is 0 Å². The lowest BCUT2D eigenvalue weighted by molar-refractivity contribution is -0.112. The van der Waals surface area contributed by atoms with Gasteiger partial charge in [0.15, 0.2) is 5.78 Å². The molecular formula is C10H8ClFO. The number of hydrogen-bond donors (Lipinski definition) is 0. The van der Waals surface area contributed by atoms with Crippen LogP contribution >= 0.6 is 11.6 Å². The third-order valence-corrected chi connectivity index (χ3v) is 1.80. The molecule has 0 aromatic heterocycles. The summed E-state index contributed by atoms with van der Waals surface area (Å²) in [6, 6.07) is 4.01. The second kappa shape index (κ2) is 4.19. The molecule has 0 spiro atoms. The van der Waals surface area contributed by atoms with E-state index in [0.717, 1.165) is 0 Å². The summed E-state index contributed by atoms with van der Waals surface area (Å²) in [5.41, 5.74) is 0.511. The summed E-state index contributed by atoms with van der Waals surface area (Å²) in [7, 11) is 0. The Balaban J connectivity index is 3.00. The van der Waals surface area contributed by atoms with Gasteiger partial charge in [0.05, 0.1) is 0 Å². The normalized spacial score (nSPS) is 10.7. The number of benzene rings is 1. The van der Waals surface area contributed by atoms with E-state index in [1.54, 1.807) is 0 Å².